The predicted octanol–water partition coefficient (Wildman–Crippen LogP) is 4.28. The molecule has 7 heteroatoms. The van der Waals surface area contributed by atoms with Crippen molar-refractivity contribution in [2.24, 2.45) is 0 Å². The van der Waals surface area contributed by atoms with E-state index in [-0.39, 0.29) is 12.1 Å². The van der Waals surface area contributed by atoms with Crippen LogP contribution in [0.1, 0.15) is 29.5 Å². The number of cyclic esters (lactones) is 1. The summed E-state index contributed by atoms with van der Waals surface area (Å²) >= 11 is 12.5. The highest BCUT2D eigenvalue weighted by atomic mass is 35.5. The summed E-state index contributed by atoms with van der Waals surface area (Å²) in [4.78, 5) is 17.3. The second kappa shape index (κ2) is 6.74. The molecule has 26 heavy (non-hydrogen) atoms. The van der Waals surface area contributed by atoms with Gasteiger partial charge in [0.1, 0.15) is 17.8 Å². The third kappa shape index (κ3) is 2.97. The van der Waals surface area contributed by atoms with E-state index in [9.17, 15) is 4.79 Å². The molecule has 0 saturated carbocycles. The number of rotatable bonds is 4. The second-order valence-electron chi connectivity index (χ2n) is 6.31. The maximum atomic E-state index is 13.1. The first kappa shape index (κ1) is 17.1. The molecule has 4 rings (SSSR count). The van der Waals surface area contributed by atoms with E-state index in [0.717, 1.165) is 5.56 Å². The number of nitrogens with zero attached hydrogens (tertiary/aromatic N) is 2. The molecule has 5 nitrogen and oxygen atoms in total. The van der Waals surface area contributed by atoms with Crippen molar-refractivity contribution in [1.82, 2.24) is 15.2 Å². The topological polar surface area (TPSA) is 67.9 Å². The Balaban J connectivity index is 1.79. The molecule has 0 amide bonds. The quantitative estimate of drug-likeness (QED) is 0.678. The fourth-order valence-electron chi connectivity index (χ4n) is 3.46. The lowest BCUT2D eigenvalue weighted by molar-refractivity contribution is -0.146. The summed E-state index contributed by atoms with van der Waals surface area (Å²) in [5, 5.41) is 7.74. The number of esters is 1. The summed E-state index contributed by atoms with van der Waals surface area (Å²) in [5.74, 6) is 0.196. The van der Waals surface area contributed by atoms with Crippen LogP contribution in [0.2, 0.25) is 10.0 Å². The zero-order valence-corrected chi connectivity index (χ0v) is 15.2. The van der Waals surface area contributed by atoms with Gasteiger partial charge in [-0.15, -0.1) is 0 Å². The average molecular weight is 388 g/mol. The molecule has 2 heterocycles. The van der Waals surface area contributed by atoms with Crippen molar-refractivity contribution in [3.05, 3.63) is 81.9 Å². The van der Waals surface area contributed by atoms with E-state index in [1.54, 1.807) is 18.2 Å². The van der Waals surface area contributed by atoms with Gasteiger partial charge in [0.25, 0.3) is 0 Å². The Morgan fingerprint density at radius 1 is 1.19 bits per heavy atom. The molecule has 0 spiro atoms. The van der Waals surface area contributed by atoms with Crippen LogP contribution in [0.25, 0.3) is 0 Å². The Morgan fingerprint density at radius 3 is 2.69 bits per heavy atom. The van der Waals surface area contributed by atoms with Gasteiger partial charge in [-0.05, 0) is 23.3 Å². The van der Waals surface area contributed by atoms with E-state index in [1.165, 1.54) is 6.33 Å². The van der Waals surface area contributed by atoms with Gasteiger partial charge in [0.15, 0.2) is 5.82 Å². The van der Waals surface area contributed by atoms with Crippen LogP contribution in [-0.2, 0) is 21.4 Å². The van der Waals surface area contributed by atoms with E-state index < -0.39 is 5.41 Å². The van der Waals surface area contributed by atoms with E-state index in [2.05, 4.69) is 15.2 Å². The highest BCUT2D eigenvalue weighted by Crippen LogP contribution is 2.48. The number of aromatic amines is 1. The van der Waals surface area contributed by atoms with Crippen LogP contribution in [0.15, 0.2) is 54.9 Å². The summed E-state index contributed by atoms with van der Waals surface area (Å²) < 4.78 is 5.76. The number of H-pyrrole nitrogens is 1. The Bertz CT molecular complexity index is 931. The standard InChI is InChI=1S/C19H15Cl2N3O2/c20-13-6-7-14(15(21)8-13)19(10-17-22-11-23-24-17)9-16(26-18(19)25)12-4-2-1-3-5-12/h1-8,11,16H,9-10H2,(H,22,23,24). The molecule has 0 radical (unpaired) electrons. The van der Waals surface area contributed by atoms with Crippen LogP contribution < -0.4 is 0 Å². The van der Waals surface area contributed by atoms with Crippen molar-refractivity contribution in [2.45, 2.75) is 24.4 Å². The van der Waals surface area contributed by atoms with Crippen molar-refractivity contribution in [3.63, 3.8) is 0 Å². The maximum Gasteiger partial charge on any atom is 0.317 e. The third-order valence-corrected chi connectivity index (χ3v) is 5.26. The fraction of sp³-hybridized carbons (Fsp3) is 0.211. The SMILES string of the molecule is O=C1OC(c2ccccc2)CC1(Cc1nc[nH]n1)c1ccc(Cl)cc1Cl. The first-order valence-electron chi connectivity index (χ1n) is 8.15. The minimum atomic E-state index is -0.968. The second-order valence-corrected chi connectivity index (χ2v) is 7.15. The van der Waals surface area contributed by atoms with Crippen molar-refractivity contribution in [2.75, 3.05) is 0 Å². The van der Waals surface area contributed by atoms with Gasteiger partial charge < -0.3 is 4.74 Å². The Hall–Kier alpha value is -2.37. The van der Waals surface area contributed by atoms with E-state index >= 15 is 0 Å². The van der Waals surface area contributed by atoms with Crippen molar-refractivity contribution >= 4 is 29.2 Å². The summed E-state index contributed by atoms with van der Waals surface area (Å²) in [6, 6.07) is 14.8. The van der Waals surface area contributed by atoms with Crippen LogP contribution in [-0.4, -0.2) is 21.2 Å². The minimum absolute atomic E-state index is 0.292. The minimum Gasteiger partial charge on any atom is -0.457 e. The molecule has 1 aliphatic heterocycles. The molecule has 132 valence electrons. The molecule has 0 bridgehead atoms. The maximum absolute atomic E-state index is 13.1. The molecule has 2 unspecified atom stereocenters. The fourth-order valence-corrected chi connectivity index (χ4v) is 4.05. The van der Waals surface area contributed by atoms with Crippen LogP contribution >= 0.6 is 23.2 Å². The van der Waals surface area contributed by atoms with Crippen molar-refractivity contribution in [3.8, 4) is 0 Å². The summed E-state index contributed by atoms with van der Waals surface area (Å²) in [6.45, 7) is 0. The van der Waals surface area contributed by atoms with Crippen molar-refractivity contribution < 1.29 is 9.53 Å². The number of hydrogen-bond acceptors (Lipinski definition) is 4. The van der Waals surface area contributed by atoms with Gasteiger partial charge in [0, 0.05) is 22.9 Å². The monoisotopic (exact) mass is 387 g/mol. The zero-order valence-electron chi connectivity index (χ0n) is 13.7. The van der Waals surface area contributed by atoms with Crippen LogP contribution in [0, 0.1) is 0 Å². The number of ether oxygens (including phenoxy) is 1. The number of carbonyl (C=O) groups excluding carboxylic acids is 1. The molecule has 1 fully saturated rings. The van der Waals surface area contributed by atoms with E-state index in [1.807, 2.05) is 30.3 Å². The Kier molecular flexibility index (Phi) is 4.42. The third-order valence-electron chi connectivity index (χ3n) is 4.72. The van der Waals surface area contributed by atoms with Gasteiger partial charge in [0.05, 0.1) is 0 Å². The average Bonchev–Trinajstić information content (AvgIpc) is 3.25. The number of benzene rings is 2. The Labute approximate surface area is 160 Å². The molecule has 2 atom stereocenters. The molecular weight excluding hydrogens is 373 g/mol. The summed E-state index contributed by atoms with van der Waals surface area (Å²) in [7, 11) is 0. The number of hydrogen-bond donors (Lipinski definition) is 1. The van der Waals surface area contributed by atoms with Gasteiger partial charge in [-0.3, -0.25) is 9.89 Å². The van der Waals surface area contributed by atoms with Crippen LogP contribution in [0.5, 0.6) is 0 Å². The van der Waals surface area contributed by atoms with E-state index in [0.29, 0.717) is 34.3 Å². The summed E-state index contributed by atoms with van der Waals surface area (Å²) in [5.41, 5.74) is 0.657. The first-order valence-corrected chi connectivity index (χ1v) is 8.90. The number of aromatic nitrogens is 3. The Morgan fingerprint density at radius 2 is 2.00 bits per heavy atom. The number of nitrogens with one attached hydrogen (secondary N) is 1. The van der Waals surface area contributed by atoms with Gasteiger partial charge >= 0.3 is 5.97 Å². The molecular formula is C19H15Cl2N3O2. The first-order chi connectivity index (χ1) is 12.6. The normalized spacial score (nSPS) is 22.4. The van der Waals surface area contributed by atoms with Gasteiger partial charge in [-0.1, -0.05) is 59.6 Å². The lowest BCUT2D eigenvalue weighted by Gasteiger charge is -2.25. The van der Waals surface area contributed by atoms with Crippen molar-refractivity contribution in [1.29, 1.82) is 0 Å². The molecule has 1 aliphatic rings. The highest BCUT2D eigenvalue weighted by molar-refractivity contribution is 6.35. The molecule has 1 N–H and O–H groups in total. The number of carbonyl (C=O) groups is 1. The number of halogens is 2. The lowest BCUT2D eigenvalue weighted by atomic mass is 9.74. The molecule has 3 aromatic rings. The lowest BCUT2D eigenvalue weighted by Crippen LogP contribution is -2.35. The van der Waals surface area contributed by atoms with Crippen LogP contribution in [0.3, 0.4) is 0 Å². The largest absolute Gasteiger partial charge is 0.457 e. The van der Waals surface area contributed by atoms with Gasteiger partial charge in [-0.2, -0.15) is 5.10 Å². The molecule has 2 aromatic carbocycles. The molecule has 1 saturated heterocycles. The molecule has 1 aromatic heterocycles. The highest BCUT2D eigenvalue weighted by Gasteiger charge is 2.52. The van der Waals surface area contributed by atoms with E-state index in [4.69, 9.17) is 27.9 Å². The molecule has 0 aliphatic carbocycles. The predicted molar refractivity (Wildman–Crippen MR) is 98.1 cm³/mol. The summed E-state index contributed by atoms with van der Waals surface area (Å²) in [6.07, 6.45) is 1.88. The van der Waals surface area contributed by atoms with Gasteiger partial charge in [0.2, 0.25) is 0 Å². The van der Waals surface area contributed by atoms with Gasteiger partial charge in [-0.25, -0.2) is 4.98 Å². The zero-order chi connectivity index (χ0) is 18.1. The smallest absolute Gasteiger partial charge is 0.317 e. The van der Waals surface area contributed by atoms with Crippen LogP contribution in [0.4, 0.5) is 0 Å².